The van der Waals surface area contributed by atoms with Gasteiger partial charge in [0.25, 0.3) is 0 Å². The van der Waals surface area contributed by atoms with Crippen LogP contribution in [0.1, 0.15) is 33.6 Å². The second-order valence-corrected chi connectivity index (χ2v) is 5.25. The molecule has 0 radical (unpaired) electrons. The first-order valence-electron chi connectivity index (χ1n) is 6.58. The number of ether oxygens (including phenoxy) is 1. The minimum atomic E-state index is -0.373. The van der Waals surface area contributed by atoms with Crippen LogP contribution in [0.4, 0.5) is 4.79 Å². The van der Waals surface area contributed by atoms with Crippen LogP contribution in [0.2, 0.25) is 0 Å². The maximum absolute atomic E-state index is 12.3. The summed E-state index contributed by atoms with van der Waals surface area (Å²) in [6.45, 7) is 7.62. The molecule has 0 atom stereocenters. The molecular weight excluding hydrogens is 232 g/mol. The van der Waals surface area contributed by atoms with Gasteiger partial charge in [-0.3, -0.25) is 4.79 Å². The molecule has 0 aromatic rings. The Morgan fingerprint density at radius 2 is 1.89 bits per heavy atom. The molecule has 1 heterocycles. The van der Waals surface area contributed by atoms with E-state index >= 15 is 0 Å². The van der Waals surface area contributed by atoms with E-state index in [2.05, 4.69) is 11.7 Å². The zero-order chi connectivity index (χ0) is 13.7. The zero-order valence-corrected chi connectivity index (χ0v) is 11.8. The molecule has 0 aromatic carbocycles. The zero-order valence-electron chi connectivity index (χ0n) is 11.8. The first-order chi connectivity index (χ1) is 8.45. The number of urea groups is 1. The third kappa shape index (κ3) is 3.89. The third-order valence-corrected chi connectivity index (χ3v) is 3.45. The highest BCUT2D eigenvalue weighted by molar-refractivity contribution is 5.81. The Morgan fingerprint density at radius 3 is 2.33 bits per heavy atom. The van der Waals surface area contributed by atoms with Gasteiger partial charge in [-0.25, -0.2) is 4.79 Å². The highest BCUT2D eigenvalue weighted by Gasteiger charge is 2.27. The molecular formula is C13H24N2O3. The van der Waals surface area contributed by atoms with E-state index in [1.54, 1.807) is 4.90 Å². The van der Waals surface area contributed by atoms with Crippen LogP contribution in [0.3, 0.4) is 0 Å². The van der Waals surface area contributed by atoms with Crippen molar-refractivity contribution in [2.24, 2.45) is 5.92 Å². The van der Waals surface area contributed by atoms with Crippen LogP contribution in [-0.4, -0.2) is 54.6 Å². The molecule has 1 fully saturated rings. The summed E-state index contributed by atoms with van der Waals surface area (Å²) in [7, 11) is 1.34. The van der Waals surface area contributed by atoms with Crippen molar-refractivity contribution in [3.8, 4) is 0 Å². The minimum Gasteiger partial charge on any atom is -0.468 e. The van der Waals surface area contributed by atoms with Gasteiger partial charge >= 0.3 is 12.0 Å². The summed E-state index contributed by atoms with van der Waals surface area (Å²) in [5, 5.41) is 0. The fourth-order valence-electron chi connectivity index (χ4n) is 2.06. The summed E-state index contributed by atoms with van der Waals surface area (Å²) in [4.78, 5) is 27.1. The van der Waals surface area contributed by atoms with Crippen LogP contribution in [-0.2, 0) is 9.53 Å². The summed E-state index contributed by atoms with van der Waals surface area (Å²) in [6.07, 6.45) is 2.08. The molecule has 5 heteroatoms. The molecule has 1 aliphatic heterocycles. The summed E-state index contributed by atoms with van der Waals surface area (Å²) in [6, 6.07) is -0.0572. The molecule has 0 unspecified atom stereocenters. The highest BCUT2D eigenvalue weighted by atomic mass is 16.5. The predicted octanol–water partition coefficient (Wildman–Crippen LogP) is 1.72. The molecule has 0 aromatic heterocycles. The van der Waals surface area contributed by atoms with Gasteiger partial charge in [-0.1, -0.05) is 6.92 Å². The maximum atomic E-state index is 12.3. The Hall–Kier alpha value is -1.26. The minimum absolute atomic E-state index is 0.00375. The number of hydrogen-bond acceptors (Lipinski definition) is 3. The molecule has 0 saturated carbocycles. The van der Waals surface area contributed by atoms with Gasteiger partial charge in [-0.2, -0.15) is 0 Å². The molecule has 5 nitrogen and oxygen atoms in total. The average Bonchev–Trinajstić information content (AvgIpc) is 2.35. The Balaban J connectivity index is 2.62. The number of carbonyl (C=O) groups is 2. The molecule has 1 rings (SSSR count). The van der Waals surface area contributed by atoms with E-state index in [9.17, 15) is 9.59 Å². The van der Waals surface area contributed by atoms with Crippen molar-refractivity contribution >= 4 is 12.0 Å². The average molecular weight is 256 g/mol. The van der Waals surface area contributed by atoms with E-state index in [0.717, 1.165) is 25.9 Å². The Morgan fingerprint density at radius 1 is 1.33 bits per heavy atom. The van der Waals surface area contributed by atoms with E-state index in [1.165, 1.54) is 7.11 Å². The van der Waals surface area contributed by atoms with Gasteiger partial charge in [0.05, 0.1) is 7.11 Å². The Bertz CT molecular complexity index is 297. The fraction of sp³-hybridized carbons (Fsp3) is 0.846. The summed E-state index contributed by atoms with van der Waals surface area (Å²) in [5.74, 6) is 0.310. The van der Waals surface area contributed by atoms with Crippen LogP contribution < -0.4 is 0 Å². The smallest absolute Gasteiger partial charge is 0.325 e. The molecule has 0 N–H and O–H groups in total. The molecule has 1 aliphatic rings. The maximum Gasteiger partial charge on any atom is 0.325 e. The SMILES string of the molecule is COC(=O)CN(C(=O)N1CCC(C)CC1)C(C)C. The second kappa shape index (κ2) is 6.61. The third-order valence-electron chi connectivity index (χ3n) is 3.45. The lowest BCUT2D eigenvalue weighted by molar-refractivity contribution is -0.141. The number of esters is 1. The van der Waals surface area contributed by atoms with Gasteiger partial charge in [0.1, 0.15) is 6.54 Å². The first-order valence-corrected chi connectivity index (χ1v) is 6.58. The summed E-state index contributed by atoms with van der Waals surface area (Å²) < 4.78 is 4.63. The first kappa shape index (κ1) is 14.8. The second-order valence-electron chi connectivity index (χ2n) is 5.25. The van der Waals surface area contributed by atoms with Gasteiger partial charge in [-0.15, -0.1) is 0 Å². The monoisotopic (exact) mass is 256 g/mol. The Labute approximate surface area is 109 Å². The largest absolute Gasteiger partial charge is 0.468 e. The predicted molar refractivity (Wildman–Crippen MR) is 69.2 cm³/mol. The van der Waals surface area contributed by atoms with Crippen molar-refractivity contribution in [2.75, 3.05) is 26.7 Å². The quantitative estimate of drug-likeness (QED) is 0.722. The topological polar surface area (TPSA) is 49.9 Å². The van der Waals surface area contributed by atoms with Crippen LogP contribution in [0.5, 0.6) is 0 Å². The van der Waals surface area contributed by atoms with E-state index < -0.39 is 0 Å². The molecule has 104 valence electrons. The van der Waals surface area contributed by atoms with Crippen molar-refractivity contribution in [1.82, 2.24) is 9.80 Å². The summed E-state index contributed by atoms with van der Waals surface area (Å²) in [5.41, 5.74) is 0. The van der Waals surface area contributed by atoms with E-state index in [4.69, 9.17) is 0 Å². The molecule has 0 spiro atoms. The number of amides is 2. The highest BCUT2D eigenvalue weighted by Crippen LogP contribution is 2.18. The number of piperidine rings is 1. The number of likely N-dealkylation sites (tertiary alicyclic amines) is 1. The standard InChI is InChI=1S/C13H24N2O3/c1-10(2)15(9-12(16)18-4)13(17)14-7-5-11(3)6-8-14/h10-11H,5-9H2,1-4H3. The molecule has 0 bridgehead atoms. The van der Waals surface area contributed by atoms with Crippen molar-refractivity contribution in [2.45, 2.75) is 39.7 Å². The van der Waals surface area contributed by atoms with Crippen LogP contribution in [0, 0.1) is 5.92 Å². The number of hydrogen-bond donors (Lipinski definition) is 0. The number of rotatable bonds is 3. The van der Waals surface area contributed by atoms with E-state index in [-0.39, 0.29) is 24.6 Å². The molecule has 2 amide bonds. The van der Waals surface area contributed by atoms with Crippen molar-refractivity contribution in [1.29, 1.82) is 0 Å². The molecule has 18 heavy (non-hydrogen) atoms. The van der Waals surface area contributed by atoms with Crippen LogP contribution in [0.15, 0.2) is 0 Å². The lowest BCUT2D eigenvalue weighted by atomic mass is 9.99. The lowest BCUT2D eigenvalue weighted by Crippen LogP contribution is -2.50. The van der Waals surface area contributed by atoms with Crippen molar-refractivity contribution in [3.63, 3.8) is 0 Å². The van der Waals surface area contributed by atoms with Gasteiger partial charge in [0.15, 0.2) is 0 Å². The number of nitrogens with zero attached hydrogens (tertiary/aromatic N) is 2. The van der Waals surface area contributed by atoms with Crippen molar-refractivity contribution in [3.05, 3.63) is 0 Å². The normalized spacial score (nSPS) is 16.8. The van der Waals surface area contributed by atoms with Gasteiger partial charge in [-0.05, 0) is 32.6 Å². The molecule has 1 saturated heterocycles. The van der Waals surface area contributed by atoms with Gasteiger partial charge < -0.3 is 14.5 Å². The number of carbonyl (C=O) groups excluding carboxylic acids is 2. The van der Waals surface area contributed by atoms with E-state index in [0.29, 0.717) is 5.92 Å². The van der Waals surface area contributed by atoms with Crippen LogP contribution >= 0.6 is 0 Å². The Kier molecular flexibility index (Phi) is 5.44. The van der Waals surface area contributed by atoms with Crippen LogP contribution in [0.25, 0.3) is 0 Å². The van der Waals surface area contributed by atoms with Gasteiger partial charge in [0.2, 0.25) is 0 Å². The molecule has 0 aliphatic carbocycles. The summed E-state index contributed by atoms with van der Waals surface area (Å²) >= 11 is 0. The van der Waals surface area contributed by atoms with Crippen molar-refractivity contribution < 1.29 is 14.3 Å². The number of methoxy groups -OCH3 is 1. The fourth-order valence-corrected chi connectivity index (χ4v) is 2.06. The van der Waals surface area contributed by atoms with E-state index in [1.807, 2.05) is 18.7 Å². The lowest BCUT2D eigenvalue weighted by Gasteiger charge is -2.36. The van der Waals surface area contributed by atoms with Gasteiger partial charge in [0, 0.05) is 19.1 Å².